The molecule has 1 nitrogen and oxygen atoms in total. The molecule has 0 radical (unpaired) electrons. The van der Waals surface area contributed by atoms with Crippen LogP contribution in [0.3, 0.4) is 0 Å². The van der Waals surface area contributed by atoms with Gasteiger partial charge in [-0.2, -0.15) is 0 Å². The molecule has 1 rings (SSSR count). The van der Waals surface area contributed by atoms with Crippen molar-refractivity contribution in [1.29, 1.82) is 0 Å². The number of aryl methyl sites for hydroxylation is 1. The van der Waals surface area contributed by atoms with Crippen LogP contribution >= 0.6 is 0 Å². The Kier molecular flexibility index (Phi) is 7.66. The van der Waals surface area contributed by atoms with E-state index in [2.05, 4.69) is 12.2 Å². The largest absolute Gasteiger partial charge is 0.313 e. The van der Waals surface area contributed by atoms with Crippen molar-refractivity contribution in [3.63, 3.8) is 0 Å². The zero-order valence-corrected chi connectivity index (χ0v) is 11.8. The Hall–Kier alpha value is -0.890. The topological polar surface area (TPSA) is 12.0 Å². The van der Waals surface area contributed by atoms with Crippen LogP contribution in [0, 0.1) is 12.7 Å². The molecule has 0 heterocycles. The van der Waals surface area contributed by atoms with Crippen molar-refractivity contribution in [2.24, 2.45) is 0 Å². The lowest BCUT2D eigenvalue weighted by atomic mass is 10.1. The van der Waals surface area contributed by atoms with E-state index >= 15 is 0 Å². The fraction of sp³-hybridized carbons (Fsp3) is 0.625. The molecular formula is C16H26FN. The quantitative estimate of drug-likeness (QED) is 0.633. The summed E-state index contributed by atoms with van der Waals surface area (Å²) in [5.74, 6) is -0.101. The van der Waals surface area contributed by atoms with Gasteiger partial charge in [-0.05, 0) is 26.0 Å². The van der Waals surface area contributed by atoms with Crippen LogP contribution in [0.25, 0.3) is 0 Å². The summed E-state index contributed by atoms with van der Waals surface area (Å²) in [6, 6.07) is 5.28. The Balaban J connectivity index is 2.09. The van der Waals surface area contributed by atoms with Gasteiger partial charge >= 0.3 is 0 Å². The summed E-state index contributed by atoms with van der Waals surface area (Å²) in [7, 11) is 0. The first kappa shape index (κ1) is 15.2. The summed E-state index contributed by atoms with van der Waals surface area (Å²) in [5.41, 5.74) is 1.90. The molecule has 0 aliphatic carbocycles. The minimum atomic E-state index is -0.101. The lowest BCUT2D eigenvalue weighted by Crippen LogP contribution is -2.15. The molecule has 0 atom stereocenters. The Labute approximate surface area is 111 Å². The molecule has 0 spiro atoms. The van der Waals surface area contributed by atoms with Gasteiger partial charge in [0.25, 0.3) is 0 Å². The van der Waals surface area contributed by atoms with Gasteiger partial charge < -0.3 is 5.32 Å². The van der Waals surface area contributed by atoms with Crippen LogP contribution in [0.2, 0.25) is 0 Å². The van der Waals surface area contributed by atoms with E-state index in [0.717, 1.165) is 17.7 Å². The van der Waals surface area contributed by atoms with E-state index in [1.54, 1.807) is 6.07 Å². The van der Waals surface area contributed by atoms with E-state index in [1.165, 1.54) is 38.5 Å². The normalized spacial score (nSPS) is 10.8. The van der Waals surface area contributed by atoms with E-state index in [1.807, 2.05) is 19.1 Å². The molecule has 2 heteroatoms. The molecule has 0 unspecified atom stereocenters. The lowest BCUT2D eigenvalue weighted by Gasteiger charge is -2.07. The Morgan fingerprint density at radius 2 is 1.78 bits per heavy atom. The van der Waals surface area contributed by atoms with Gasteiger partial charge in [0.1, 0.15) is 5.82 Å². The zero-order chi connectivity index (χ0) is 13.2. The van der Waals surface area contributed by atoms with E-state index in [0.29, 0.717) is 6.54 Å². The summed E-state index contributed by atoms with van der Waals surface area (Å²) < 4.78 is 13.4. The van der Waals surface area contributed by atoms with Crippen molar-refractivity contribution in [2.75, 3.05) is 6.54 Å². The third-order valence-electron chi connectivity index (χ3n) is 3.22. The monoisotopic (exact) mass is 251 g/mol. The van der Waals surface area contributed by atoms with Crippen LogP contribution in [0.5, 0.6) is 0 Å². The van der Waals surface area contributed by atoms with Gasteiger partial charge in [0.15, 0.2) is 0 Å². The highest BCUT2D eigenvalue weighted by Gasteiger charge is 2.01. The van der Waals surface area contributed by atoms with Crippen LogP contribution < -0.4 is 5.32 Å². The third kappa shape index (κ3) is 6.15. The van der Waals surface area contributed by atoms with Crippen molar-refractivity contribution in [1.82, 2.24) is 5.32 Å². The third-order valence-corrected chi connectivity index (χ3v) is 3.22. The van der Waals surface area contributed by atoms with Gasteiger partial charge in [-0.15, -0.1) is 0 Å². The molecule has 0 aromatic heterocycles. The average Bonchev–Trinajstić information content (AvgIpc) is 2.36. The van der Waals surface area contributed by atoms with Crippen molar-refractivity contribution < 1.29 is 4.39 Å². The molecule has 0 amide bonds. The summed E-state index contributed by atoms with van der Waals surface area (Å²) in [6.45, 7) is 5.86. The fourth-order valence-corrected chi connectivity index (χ4v) is 2.09. The van der Waals surface area contributed by atoms with E-state index in [4.69, 9.17) is 0 Å². The summed E-state index contributed by atoms with van der Waals surface area (Å²) in [4.78, 5) is 0. The molecule has 1 aromatic carbocycles. The van der Waals surface area contributed by atoms with E-state index in [9.17, 15) is 4.39 Å². The van der Waals surface area contributed by atoms with Gasteiger partial charge in [0.05, 0.1) is 0 Å². The highest BCUT2D eigenvalue weighted by atomic mass is 19.1. The average molecular weight is 251 g/mol. The number of halogens is 1. The number of rotatable bonds is 9. The van der Waals surface area contributed by atoms with Crippen LogP contribution in [-0.4, -0.2) is 6.54 Å². The molecule has 1 N–H and O–H groups in total. The molecule has 0 saturated heterocycles. The van der Waals surface area contributed by atoms with E-state index in [-0.39, 0.29) is 5.82 Å². The molecule has 0 saturated carbocycles. The molecule has 1 aromatic rings. The van der Waals surface area contributed by atoms with Crippen LogP contribution in [0.4, 0.5) is 4.39 Å². The summed E-state index contributed by atoms with van der Waals surface area (Å²) in [5, 5.41) is 3.32. The zero-order valence-electron chi connectivity index (χ0n) is 11.8. The Morgan fingerprint density at radius 3 is 2.56 bits per heavy atom. The Bertz CT molecular complexity index is 336. The molecule has 0 fully saturated rings. The number of benzene rings is 1. The first-order valence-corrected chi connectivity index (χ1v) is 7.19. The highest BCUT2D eigenvalue weighted by molar-refractivity contribution is 5.23. The number of unbranched alkanes of at least 4 members (excludes halogenated alkanes) is 5. The highest BCUT2D eigenvalue weighted by Crippen LogP contribution is 2.09. The fourth-order valence-electron chi connectivity index (χ4n) is 2.09. The summed E-state index contributed by atoms with van der Waals surface area (Å²) in [6.07, 6.45) is 7.80. The number of nitrogens with one attached hydrogen (secondary N) is 1. The van der Waals surface area contributed by atoms with Crippen molar-refractivity contribution in [2.45, 2.75) is 58.9 Å². The van der Waals surface area contributed by atoms with Crippen LogP contribution in [-0.2, 0) is 6.54 Å². The molecule has 102 valence electrons. The first-order valence-electron chi connectivity index (χ1n) is 7.19. The molecular weight excluding hydrogens is 225 g/mol. The van der Waals surface area contributed by atoms with Crippen molar-refractivity contribution in [3.8, 4) is 0 Å². The summed E-state index contributed by atoms with van der Waals surface area (Å²) >= 11 is 0. The predicted octanol–water partition coefficient (Wildman–Crippen LogP) is 4.58. The van der Waals surface area contributed by atoms with Gasteiger partial charge in [0, 0.05) is 12.1 Å². The number of hydrogen-bond donors (Lipinski definition) is 1. The number of hydrogen-bond acceptors (Lipinski definition) is 1. The lowest BCUT2D eigenvalue weighted by molar-refractivity contribution is 0.555. The van der Waals surface area contributed by atoms with Crippen LogP contribution in [0.15, 0.2) is 18.2 Å². The van der Waals surface area contributed by atoms with E-state index < -0.39 is 0 Å². The minimum Gasteiger partial charge on any atom is -0.313 e. The van der Waals surface area contributed by atoms with Crippen LogP contribution in [0.1, 0.15) is 56.6 Å². The van der Waals surface area contributed by atoms with Gasteiger partial charge in [0.2, 0.25) is 0 Å². The molecule has 0 aliphatic heterocycles. The Morgan fingerprint density at radius 1 is 1.06 bits per heavy atom. The smallest absolute Gasteiger partial charge is 0.127 e. The molecule has 0 aliphatic rings. The van der Waals surface area contributed by atoms with Gasteiger partial charge in [-0.25, -0.2) is 4.39 Å². The standard InChI is InChI=1S/C16H26FN/c1-3-4-5-6-7-8-11-18-13-15-12-14(2)9-10-16(15)17/h9-10,12,18H,3-8,11,13H2,1-2H3. The maximum atomic E-state index is 13.4. The minimum absolute atomic E-state index is 0.101. The molecule has 0 bridgehead atoms. The first-order chi connectivity index (χ1) is 8.74. The van der Waals surface area contributed by atoms with Gasteiger partial charge in [-0.3, -0.25) is 0 Å². The van der Waals surface area contributed by atoms with Crippen molar-refractivity contribution >= 4 is 0 Å². The van der Waals surface area contributed by atoms with Crippen molar-refractivity contribution in [3.05, 3.63) is 35.1 Å². The maximum absolute atomic E-state index is 13.4. The second kappa shape index (κ2) is 9.09. The predicted molar refractivity (Wildman–Crippen MR) is 76.2 cm³/mol. The van der Waals surface area contributed by atoms with Gasteiger partial charge in [-0.1, -0.05) is 56.7 Å². The second-order valence-corrected chi connectivity index (χ2v) is 5.04. The maximum Gasteiger partial charge on any atom is 0.127 e. The second-order valence-electron chi connectivity index (χ2n) is 5.04. The SMILES string of the molecule is CCCCCCCCNCc1cc(C)ccc1F. The molecule has 18 heavy (non-hydrogen) atoms.